The molecular formula is C27H19ClFN3O4. The van der Waals surface area contributed by atoms with Crippen molar-refractivity contribution in [2.45, 2.75) is 13.1 Å². The molecule has 0 aliphatic carbocycles. The summed E-state index contributed by atoms with van der Waals surface area (Å²) in [6.45, 7) is -0.141. The van der Waals surface area contributed by atoms with E-state index in [0.29, 0.717) is 16.3 Å². The zero-order valence-electron chi connectivity index (χ0n) is 19.1. The van der Waals surface area contributed by atoms with E-state index in [0.717, 1.165) is 10.5 Å². The van der Waals surface area contributed by atoms with Gasteiger partial charge in [0.15, 0.2) is 11.6 Å². The van der Waals surface area contributed by atoms with Crippen molar-refractivity contribution in [3.63, 3.8) is 0 Å². The first-order chi connectivity index (χ1) is 17.4. The Morgan fingerprint density at radius 1 is 0.889 bits per heavy atom. The van der Waals surface area contributed by atoms with Crippen molar-refractivity contribution in [3.05, 3.63) is 116 Å². The lowest BCUT2D eigenvalue weighted by atomic mass is 10.1. The molecular weight excluding hydrogens is 485 g/mol. The molecule has 9 heteroatoms. The van der Waals surface area contributed by atoms with Crippen LogP contribution in [0.5, 0.6) is 5.75 Å². The second-order valence-corrected chi connectivity index (χ2v) is 8.67. The molecule has 0 saturated carbocycles. The van der Waals surface area contributed by atoms with Gasteiger partial charge in [-0.25, -0.2) is 9.07 Å². The van der Waals surface area contributed by atoms with Gasteiger partial charge in [-0.2, -0.15) is 5.10 Å². The number of amides is 2. The Morgan fingerprint density at radius 3 is 2.17 bits per heavy atom. The second-order valence-electron chi connectivity index (χ2n) is 8.24. The minimum Gasteiger partial charge on any atom is -0.494 e. The fourth-order valence-electron chi connectivity index (χ4n) is 4.10. The van der Waals surface area contributed by atoms with E-state index in [1.165, 1.54) is 30.0 Å². The molecule has 36 heavy (non-hydrogen) atoms. The van der Waals surface area contributed by atoms with Crippen molar-refractivity contribution >= 4 is 23.4 Å². The molecule has 0 fully saturated rings. The average molecular weight is 504 g/mol. The molecule has 3 aromatic carbocycles. The average Bonchev–Trinajstić information content (AvgIpc) is 3.12. The highest BCUT2D eigenvalue weighted by atomic mass is 35.5. The maximum atomic E-state index is 14.5. The summed E-state index contributed by atoms with van der Waals surface area (Å²) in [6, 6.07) is 19.2. The standard InChI is InChI=1S/C27H19ClFN3O4/c1-36-24-11-8-17(12-22(24)29)23-13-18(15-31-26(34)20-4-2-3-5-21(20)27(31)35)25(33)32(30-23)14-16-6-9-19(28)10-7-16/h2-13H,14-15H2,1H3. The third kappa shape index (κ3) is 4.27. The Labute approximate surface area is 210 Å². The van der Waals surface area contributed by atoms with Crippen molar-refractivity contribution < 1.29 is 18.7 Å². The maximum absolute atomic E-state index is 14.5. The van der Waals surface area contributed by atoms with Crippen LogP contribution in [0.25, 0.3) is 11.3 Å². The van der Waals surface area contributed by atoms with E-state index < -0.39 is 23.2 Å². The summed E-state index contributed by atoms with van der Waals surface area (Å²) in [5.41, 5.74) is 1.74. The SMILES string of the molecule is COc1ccc(-c2cc(CN3C(=O)c4ccccc4C3=O)c(=O)n(Cc3ccc(Cl)cc3)n2)cc1F. The number of carbonyl (C=O) groups is 2. The smallest absolute Gasteiger partial charge is 0.272 e. The van der Waals surface area contributed by atoms with E-state index in [1.807, 2.05) is 0 Å². The Kier molecular flexibility index (Phi) is 6.12. The highest BCUT2D eigenvalue weighted by molar-refractivity contribution is 6.30. The first-order valence-electron chi connectivity index (χ1n) is 11.0. The molecule has 5 rings (SSSR count). The van der Waals surface area contributed by atoms with Gasteiger partial charge in [0.25, 0.3) is 17.4 Å². The fourth-order valence-corrected chi connectivity index (χ4v) is 4.23. The van der Waals surface area contributed by atoms with Crippen LogP contribution in [0.4, 0.5) is 4.39 Å². The van der Waals surface area contributed by atoms with Crippen LogP contribution in [0, 0.1) is 5.82 Å². The topological polar surface area (TPSA) is 81.5 Å². The van der Waals surface area contributed by atoms with E-state index >= 15 is 0 Å². The molecule has 0 spiro atoms. The van der Waals surface area contributed by atoms with E-state index in [1.54, 1.807) is 54.6 Å². The number of hydrogen-bond donors (Lipinski definition) is 0. The van der Waals surface area contributed by atoms with Crippen LogP contribution in [0.3, 0.4) is 0 Å². The molecule has 0 N–H and O–H groups in total. The molecule has 4 aromatic rings. The summed E-state index contributed by atoms with van der Waals surface area (Å²) < 4.78 is 20.7. The monoisotopic (exact) mass is 503 g/mol. The van der Waals surface area contributed by atoms with Gasteiger partial charge in [-0.3, -0.25) is 19.3 Å². The number of benzene rings is 3. The first kappa shape index (κ1) is 23.4. The Balaban J connectivity index is 1.58. The van der Waals surface area contributed by atoms with Crippen molar-refractivity contribution in [1.29, 1.82) is 0 Å². The normalized spacial score (nSPS) is 12.7. The Morgan fingerprint density at radius 2 is 1.56 bits per heavy atom. The third-order valence-corrected chi connectivity index (χ3v) is 6.20. The number of fused-ring (bicyclic) bond motifs is 1. The van der Waals surface area contributed by atoms with Gasteiger partial charge in [-0.1, -0.05) is 35.9 Å². The van der Waals surface area contributed by atoms with Crippen LogP contribution >= 0.6 is 11.6 Å². The minimum atomic E-state index is -0.589. The summed E-state index contributed by atoms with van der Waals surface area (Å²) >= 11 is 5.98. The summed E-state index contributed by atoms with van der Waals surface area (Å²) in [5.74, 6) is -1.48. The Hall–Kier alpha value is -4.30. The van der Waals surface area contributed by atoms with E-state index in [9.17, 15) is 18.8 Å². The molecule has 2 amide bonds. The maximum Gasteiger partial charge on any atom is 0.272 e. The van der Waals surface area contributed by atoms with Crippen LogP contribution in [0.1, 0.15) is 31.8 Å². The largest absolute Gasteiger partial charge is 0.494 e. The molecule has 0 bridgehead atoms. The quantitative estimate of drug-likeness (QED) is 0.360. The number of rotatable bonds is 6. The fraction of sp³-hybridized carbons (Fsp3) is 0.111. The zero-order valence-corrected chi connectivity index (χ0v) is 19.8. The van der Waals surface area contributed by atoms with Gasteiger partial charge in [-0.05, 0) is 54.1 Å². The highest BCUT2D eigenvalue weighted by Crippen LogP contribution is 2.27. The van der Waals surface area contributed by atoms with Crippen LogP contribution in [0.2, 0.25) is 5.02 Å². The number of hydrogen-bond acceptors (Lipinski definition) is 5. The lowest BCUT2D eigenvalue weighted by molar-refractivity contribution is 0.0641. The van der Waals surface area contributed by atoms with E-state index in [4.69, 9.17) is 16.3 Å². The van der Waals surface area contributed by atoms with Crippen molar-refractivity contribution in [2.75, 3.05) is 7.11 Å². The summed E-state index contributed by atoms with van der Waals surface area (Å²) in [7, 11) is 1.36. The van der Waals surface area contributed by atoms with Crippen LogP contribution in [-0.2, 0) is 13.1 Å². The van der Waals surface area contributed by atoms with Gasteiger partial charge in [-0.15, -0.1) is 0 Å². The molecule has 1 aliphatic heterocycles. The van der Waals surface area contributed by atoms with Gasteiger partial charge in [0, 0.05) is 16.1 Å². The molecule has 0 radical (unpaired) electrons. The molecule has 7 nitrogen and oxygen atoms in total. The summed E-state index contributed by atoms with van der Waals surface area (Å²) in [4.78, 5) is 40.2. The minimum absolute atomic E-state index is 0.0690. The van der Waals surface area contributed by atoms with Crippen LogP contribution in [-0.4, -0.2) is 33.6 Å². The number of nitrogens with zero attached hydrogens (tertiary/aromatic N) is 3. The second kappa shape index (κ2) is 9.39. The molecule has 2 heterocycles. The van der Waals surface area contributed by atoms with Gasteiger partial charge in [0.05, 0.1) is 37.0 Å². The van der Waals surface area contributed by atoms with Crippen molar-refractivity contribution in [3.8, 4) is 17.0 Å². The molecule has 1 aliphatic rings. The van der Waals surface area contributed by atoms with Crippen LogP contribution in [0.15, 0.2) is 77.6 Å². The number of aromatic nitrogens is 2. The predicted molar refractivity (Wildman–Crippen MR) is 132 cm³/mol. The van der Waals surface area contributed by atoms with Crippen molar-refractivity contribution in [2.24, 2.45) is 0 Å². The molecule has 0 saturated heterocycles. The predicted octanol–water partition coefficient (Wildman–Crippen LogP) is 4.56. The third-order valence-electron chi connectivity index (χ3n) is 5.95. The molecule has 0 unspecified atom stereocenters. The highest BCUT2D eigenvalue weighted by Gasteiger charge is 2.35. The zero-order chi connectivity index (χ0) is 25.4. The van der Waals surface area contributed by atoms with Crippen molar-refractivity contribution in [1.82, 2.24) is 14.7 Å². The Bertz CT molecular complexity index is 1530. The number of imide groups is 1. The number of carbonyl (C=O) groups excluding carboxylic acids is 2. The van der Waals surface area contributed by atoms with Gasteiger partial charge >= 0.3 is 0 Å². The van der Waals surface area contributed by atoms with E-state index in [2.05, 4.69) is 5.10 Å². The number of methoxy groups -OCH3 is 1. The molecule has 180 valence electrons. The lowest BCUT2D eigenvalue weighted by Gasteiger charge is -2.16. The molecule has 1 aromatic heterocycles. The lowest BCUT2D eigenvalue weighted by Crippen LogP contribution is -2.34. The first-order valence-corrected chi connectivity index (χ1v) is 11.4. The number of halogens is 2. The van der Waals surface area contributed by atoms with Gasteiger partial charge < -0.3 is 4.74 Å². The van der Waals surface area contributed by atoms with Crippen LogP contribution < -0.4 is 10.3 Å². The van der Waals surface area contributed by atoms with Gasteiger partial charge in [0.1, 0.15) is 0 Å². The molecule has 0 atom stereocenters. The number of ether oxygens (including phenoxy) is 1. The summed E-state index contributed by atoms with van der Waals surface area (Å²) in [5, 5.41) is 4.99. The van der Waals surface area contributed by atoms with Gasteiger partial charge in [0.2, 0.25) is 0 Å². The summed E-state index contributed by atoms with van der Waals surface area (Å²) in [6.07, 6.45) is 0. The van der Waals surface area contributed by atoms with E-state index in [-0.39, 0.29) is 35.5 Å².